The Bertz CT molecular complexity index is 758. The van der Waals surface area contributed by atoms with Gasteiger partial charge in [0.15, 0.2) is 0 Å². The van der Waals surface area contributed by atoms with Gasteiger partial charge in [-0.15, -0.1) is 0 Å². The van der Waals surface area contributed by atoms with Gasteiger partial charge in [0.05, 0.1) is 11.0 Å². The highest BCUT2D eigenvalue weighted by Gasteiger charge is 2.11. The Hall–Kier alpha value is -2.29. The predicted octanol–water partition coefficient (Wildman–Crippen LogP) is 5.14. The summed E-state index contributed by atoms with van der Waals surface area (Å²) in [7, 11) is 0. The summed E-state index contributed by atoms with van der Waals surface area (Å²) in [4.78, 5) is 4.79. The maximum Gasteiger partial charge on any atom is 0.208 e. The van der Waals surface area contributed by atoms with Crippen molar-refractivity contribution in [3.8, 4) is 0 Å². The molecular weight excluding hydrogens is 270 g/mol. The summed E-state index contributed by atoms with van der Waals surface area (Å²) < 4.78 is 2.30. The number of nitrogens with one attached hydrogen (secondary N) is 1. The maximum atomic E-state index is 4.79. The minimum absolute atomic E-state index is 0.940. The van der Waals surface area contributed by atoms with E-state index in [0.29, 0.717) is 0 Å². The molecule has 0 aliphatic carbocycles. The fraction of sp³-hybridized carbons (Fsp3) is 0.316. The third-order valence-electron chi connectivity index (χ3n) is 4.03. The Morgan fingerprint density at radius 1 is 1.00 bits per heavy atom. The standard InChI is InChI=1S/C19H23N3/c1-3-5-14-22-18-13-9-8-12-17(18)21-19(22)20-16-11-7-6-10-15(16)4-2/h6-13H,3-5,14H2,1-2H3,(H,20,21). The number of hydrogen-bond donors (Lipinski definition) is 1. The van der Waals surface area contributed by atoms with Gasteiger partial charge in [-0.25, -0.2) is 4.98 Å². The molecule has 0 spiro atoms. The largest absolute Gasteiger partial charge is 0.325 e. The molecule has 3 nitrogen and oxygen atoms in total. The molecule has 3 rings (SSSR count). The lowest BCUT2D eigenvalue weighted by Crippen LogP contribution is -2.05. The van der Waals surface area contributed by atoms with E-state index in [1.54, 1.807) is 0 Å². The van der Waals surface area contributed by atoms with Crippen molar-refractivity contribution in [3.05, 3.63) is 54.1 Å². The van der Waals surface area contributed by atoms with Crippen LogP contribution in [0.2, 0.25) is 0 Å². The first-order chi connectivity index (χ1) is 10.8. The fourth-order valence-electron chi connectivity index (χ4n) is 2.78. The van der Waals surface area contributed by atoms with Gasteiger partial charge in [0.1, 0.15) is 0 Å². The number of imidazole rings is 1. The lowest BCUT2D eigenvalue weighted by Gasteiger charge is -2.13. The lowest BCUT2D eigenvalue weighted by atomic mass is 10.1. The number of aryl methyl sites for hydroxylation is 2. The van der Waals surface area contributed by atoms with Crippen molar-refractivity contribution < 1.29 is 0 Å². The van der Waals surface area contributed by atoms with Crippen LogP contribution in [0.3, 0.4) is 0 Å². The zero-order valence-corrected chi connectivity index (χ0v) is 13.3. The van der Waals surface area contributed by atoms with Gasteiger partial charge in [0.25, 0.3) is 0 Å². The molecule has 2 aromatic carbocycles. The smallest absolute Gasteiger partial charge is 0.208 e. The summed E-state index contributed by atoms with van der Waals surface area (Å²) in [6.45, 7) is 5.40. The van der Waals surface area contributed by atoms with Crippen LogP contribution in [0.15, 0.2) is 48.5 Å². The van der Waals surface area contributed by atoms with Gasteiger partial charge in [-0.2, -0.15) is 0 Å². The summed E-state index contributed by atoms with van der Waals surface area (Å²) >= 11 is 0. The number of nitrogens with zero attached hydrogens (tertiary/aromatic N) is 2. The third kappa shape index (κ3) is 2.84. The second-order valence-electron chi connectivity index (χ2n) is 5.57. The second-order valence-corrected chi connectivity index (χ2v) is 5.57. The van der Waals surface area contributed by atoms with Crippen molar-refractivity contribution in [1.29, 1.82) is 0 Å². The quantitative estimate of drug-likeness (QED) is 0.681. The molecule has 1 heterocycles. The minimum atomic E-state index is 0.940. The zero-order valence-electron chi connectivity index (χ0n) is 13.3. The third-order valence-corrected chi connectivity index (χ3v) is 4.03. The molecule has 0 bridgehead atoms. The van der Waals surface area contributed by atoms with Gasteiger partial charge in [0.2, 0.25) is 5.95 Å². The molecule has 0 fully saturated rings. The number of anilines is 2. The molecule has 0 amide bonds. The van der Waals surface area contributed by atoms with Crippen LogP contribution in [0, 0.1) is 0 Å². The average molecular weight is 293 g/mol. The van der Waals surface area contributed by atoms with Crippen LogP contribution in [0.25, 0.3) is 11.0 Å². The van der Waals surface area contributed by atoms with Crippen LogP contribution < -0.4 is 5.32 Å². The number of aromatic nitrogens is 2. The highest BCUT2D eigenvalue weighted by atomic mass is 15.2. The number of rotatable bonds is 6. The van der Waals surface area contributed by atoms with Crippen molar-refractivity contribution in [1.82, 2.24) is 9.55 Å². The SMILES string of the molecule is CCCCn1c(Nc2ccccc2CC)nc2ccccc21. The van der Waals surface area contributed by atoms with E-state index < -0.39 is 0 Å². The first kappa shape index (κ1) is 14.6. The molecule has 3 aromatic rings. The van der Waals surface area contributed by atoms with Crippen LogP contribution in [-0.2, 0) is 13.0 Å². The van der Waals surface area contributed by atoms with Gasteiger partial charge in [-0.3, -0.25) is 0 Å². The molecule has 0 saturated carbocycles. The number of benzene rings is 2. The first-order valence-corrected chi connectivity index (χ1v) is 8.13. The van der Waals surface area contributed by atoms with Crippen molar-refractivity contribution in [2.45, 2.75) is 39.7 Å². The molecule has 3 heteroatoms. The average Bonchev–Trinajstić information content (AvgIpc) is 2.90. The van der Waals surface area contributed by atoms with E-state index in [9.17, 15) is 0 Å². The number of para-hydroxylation sites is 3. The normalized spacial score (nSPS) is 11.0. The van der Waals surface area contributed by atoms with E-state index >= 15 is 0 Å². The number of unbranched alkanes of at least 4 members (excludes halogenated alkanes) is 1. The monoisotopic (exact) mass is 293 g/mol. The Morgan fingerprint density at radius 3 is 2.59 bits per heavy atom. The van der Waals surface area contributed by atoms with Gasteiger partial charge in [0, 0.05) is 12.2 Å². The molecule has 22 heavy (non-hydrogen) atoms. The topological polar surface area (TPSA) is 29.9 Å². The highest BCUT2D eigenvalue weighted by molar-refractivity contribution is 5.79. The lowest BCUT2D eigenvalue weighted by molar-refractivity contribution is 0.652. The molecule has 114 valence electrons. The van der Waals surface area contributed by atoms with Crippen molar-refractivity contribution in [3.63, 3.8) is 0 Å². The summed E-state index contributed by atoms with van der Waals surface area (Å²) in [6.07, 6.45) is 3.35. The number of hydrogen-bond acceptors (Lipinski definition) is 2. The summed E-state index contributed by atoms with van der Waals surface area (Å²) in [5, 5.41) is 3.54. The minimum Gasteiger partial charge on any atom is -0.325 e. The van der Waals surface area contributed by atoms with Crippen LogP contribution in [0.4, 0.5) is 11.6 Å². The van der Waals surface area contributed by atoms with Gasteiger partial charge in [-0.1, -0.05) is 50.6 Å². The van der Waals surface area contributed by atoms with Crippen LogP contribution >= 0.6 is 0 Å². The van der Waals surface area contributed by atoms with Gasteiger partial charge < -0.3 is 9.88 Å². The highest BCUT2D eigenvalue weighted by Crippen LogP contribution is 2.25. The second kappa shape index (κ2) is 6.65. The zero-order chi connectivity index (χ0) is 15.4. The van der Waals surface area contributed by atoms with Crippen LogP contribution in [-0.4, -0.2) is 9.55 Å². The van der Waals surface area contributed by atoms with Crippen molar-refractivity contribution in [2.24, 2.45) is 0 Å². The van der Waals surface area contributed by atoms with Crippen LogP contribution in [0.5, 0.6) is 0 Å². The molecule has 0 unspecified atom stereocenters. The van der Waals surface area contributed by atoms with Crippen LogP contribution in [0.1, 0.15) is 32.3 Å². The fourth-order valence-corrected chi connectivity index (χ4v) is 2.78. The van der Waals surface area contributed by atoms with Gasteiger partial charge in [-0.05, 0) is 36.6 Å². The van der Waals surface area contributed by atoms with Crippen molar-refractivity contribution in [2.75, 3.05) is 5.32 Å². The van der Waals surface area contributed by atoms with E-state index in [1.165, 1.54) is 17.5 Å². The molecule has 0 radical (unpaired) electrons. The molecule has 0 saturated heterocycles. The Morgan fingerprint density at radius 2 is 1.77 bits per heavy atom. The van der Waals surface area contributed by atoms with Gasteiger partial charge >= 0.3 is 0 Å². The molecule has 0 aliphatic heterocycles. The molecule has 1 aromatic heterocycles. The van der Waals surface area contributed by atoms with E-state index in [1.807, 2.05) is 6.07 Å². The van der Waals surface area contributed by atoms with Crippen molar-refractivity contribution >= 4 is 22.7 Å². The molecular formula is C19H23N3. The Kier molecular flexibility index (Phi) is 4.42. The van der Waals surface area contributed by atoms with E-state index in [-0.39, 0.29) is 0 Å². The Balaban J connectivity index is 2.02. The molecule has 1 N–H and O–H groups in total. The predicted molar refractivity (Wildman–Crippen MR) is 93.7 cm³/mol. The molecule has 0 aliphatic rings. The summed E-state index contributed by atoms with van der Waals surface area (Å²) in [6, 6.07) is 16.8. The first-order valence-electron chi connectivity index (χ1n) is 8.13. The van der Waals surface area contributed by atoms with E-state index in [0.717, 1.165) is 36.5 Å². The van der Waals surface area contributed by atoms with E-state index in [4.69, 9.17) is 4.98 Å². The Labute approximate surface area is 132 Å². The summed E-state index contributed by atoms with van der Waals surface area (Å²) in [5.41, 5.74) is 4.72. The molecule has 0 atom stereocenters. The van der Waals surface area contributed by atoms with E-state index in [2.05, 4.69) is 66.2 Å². The maximum absolute atomic E-state index is 4.79. The number of fused-ring (bicyclic) bond motifs is 1. The summed E-state index contributed by atoms with van der Waals surface area (Å²) in [5.74, 6) is 0.940.